The zero-order chi connectivity index (χ0) is 20.9. The Bertz CT molecular complexity index is 1110. The maximum absolute atomic E-state index is 13.2. The van der Waals surface area contributed by atoms with Gasteiger partial charge < -0.3 is 19.0 Å². The lowest BCUT2D eigenvalue weighted by molar-refractivity contribution is -0.0968. The van der Waals surface area contributed by atoms with Crippen LogP contribution in [0.5, 0.6) is 0 Å². The number of fused-ring (bicyclic) bond motifs is 3. The zero-order valence-corrected chi connectivity index (χ0v) is 17.6. The summed E-state index contributed by atoms with van der Waals surface area (Å²) in [5, 5.41) is 0.992. The van der Waals surface area contributed by atoms with Gasteiger partial charge in [-0.25, -0.2) is 9.97 Å². The Morgan fingerprint density at radius 2 is 1.97 bits per heavy atom. The Morgan fingerprint density at radius 3 is 2.70 bits per heavy atom. The molecule has 1 amide bonds. The largest absolute Gasteiger partial charge is 0.451 e. The quantitative estimate of drug-likeness (QED) is 0.650. The molecule has 7 heteroatoms. The topological polar surface area (TPSA) is 71.7 Å². The second-order valence-electron chi connectivity index (χ2n) is 8.38. The molecule has 2 aromatic heterocycles. The number of hydrogen-bond donors (Lipinski definition) is 0. The molecule has 1 aromatic carbocycles. The maximum Gasteiger partial charge on any atom is 0.289 e. The normalized spacial score (nSPS) is 17.9. The second kappa shape index (κ2) is 7.09. The van der Waals surface area contributed by atoms with E-state index in [1.165, 1.54) is 0 Å². The van der Waals surface area contributed by atoms with Gasteiger partial charge in [-0.1, -0.05) is 18.2 Å². The number of carbonyl (C=O) groups is 1. The van der Waals surface area contributed by atoms with Crippen LogP contribution in [0.4, 0.5) is 5.95 Å². The molecule has 0 unspecified atom stereocenters. The first-order valence-corrected chi connectivity index (χ1v) is 10.4. The summed E-state index contributed by atoms with van der Waals surface area (Å²) in [5.74, 6) is 1.08. The van der Waals surface area contributed by atoms with Gasteiger partial charge in [0.2, 0.25) is 5.95 Å². The summed E-state index contributed by atoms with van der Waals surface area (Å²) in [4.78, 5) is 26.3. The molecule has 0 bridgehead atoms. The van der Waals surface area contributed by atoms with E-state index < -0.39 is 5.60 Å². The molecule has 156 valence electrons. The average Bonchev–Trinajstić information content (AvgIpc) is 3.10. The van der Waals surface area contributed by atoms with Crippen LogP contribution in [-0.4, -0.2) is 54.6 Å². The Balaban J connectivity index is 1.40. The fourth-order valence-electron chi connectivity index (χ4n) is 4.59. The molecular weight excluding hydrogens is 380 g/mol. The van der Waals surface area contributed by atoms with Crippen LogP contribution in [0.3, 0.4) is 0 Å². The molecule has 0 N–H and O–H groups in total. The molecule has 1 spiro atoms. The summed E-state index contributed by atoms with van der Waals surface area (Å²) >= 11 is 0. The Hall–Kier alpha value is -2.93. The van der Waals surface area contributed by atoms with Crippen LogP contribution >= 0.6 is 0 Å². The Kier molecular flexibility index (Phi) is 4.50. The number of amides is 1. The lowest BCUT2D eigenvalue weighted by Gasteiger charge is -2.44. The monoisotopic (exact) mass is 406 g/mol. The van der Waals surface area contributed by atoms with Gasteiger partial charge in [0.1, 0.15) is 11.2 Å². The van der Waals surface area contributed by atoms with E-state index in [1.54, 1.807) is 0 Å². The van der Waals surface area contributed by atoms with Gasteiger partial charge in [-0.2, -0.15) is 0 Å². The average molecular weight is 406 g/mol. The number of aryl methyl sites for hydroxylation is 1. The van der Waals surface area contributed by atoms with Crippen molar-refractivity contribution in [1.29, 1.82) is 0 Å². The van der Waals surface area contributed by atoms with E-state index in [-0.39, 0.29) is 5.91 Å². The fraction of sp³-hybridized carbons (Fsp3) is 0.435. The van der Waals surface area contributed by atoms with E-state index in [4.69, 9.17) is 14.1 Å². The highest BCUT2D eigenvalue weighted by Gasteiger charge is 2.44. The van der Waals surface area contributed by atoms with Crippen molar-refractivity contribution in [2.45, 2.75) is 31.8 Å². The van der Waals surface area contributed by atoms with Gasteiger partial charge in [0.15, 0.2) is 5.76 Å². The van der Waals surface area contributed by atoms with Crippen LogP contribution in [0.2, 0.25) is 0 Å². The number of carbonyl (C=O) groups excluding carboxylic acids is 1. The van der Waals surface area contributed by atoms with E-state index in [2.05, 4.69) is 4.98 Å². The summed E-state index contributed by atoms with van der Waals surface area (Å²) in [7, 11) is 3.88. The molecule has 0 radical (unpaired) electrons. The van der Waals surface area contributed by atoms with Gasteiger partial charge in [-0.05, 0) is 37.8 Å². The van der Waals surface area contributed by atoms with E-state index in [9.17, 15) is 4.79 Å². The molecule has 1 saturated heterocycles. The summed E-state index contributed by atoms with van der Waals surface area (Å²) < 4.78 is 12.2. The molecular formula is C23H26N4O3. The summed E-state index contributed by atoms with van der Waals surface area (Å²) in [6, 6.07) is 7.78. The Labute approximate surface area is 175 Å². The third-order valence-electron chi connectivity index (χ3n) is 6.33. The van der Waals surface area contributed by atoms with Crippen LogP contribution in [0.15, 0.2) is 34.9 Å². The van der Waals surface area contributed by atoms with Crippen LogP contribution in [-0.2, 0) is 16.8 Å². The third-order valence-corrected chi connectivity index (χ3v) is 6.33. The minimum absolute atomic E-state index is 0.0498. The first-order valence-electron chi connectivity index (χ1n) is 10.4. The van der Waals surface area contributed by atoms with Crippen molar-refractivity contribution in [1.82, 2.24) is 14.9 Å². The fourth-order valence-corrected chi connectivity index (χ4v) is 4.59. The van der Waals surface area contributed by atoms with Crippen molar-refractivity contribution < 1.29 is 13.9 Å². The van der Waals surface area contributed by atoms with E-state index in [1.807, 2.05) is 61.3 Å². The smallest absolute Gasteiger partial charge is 0.289 e. The van der Waals surface area contributed by atoms with Crippen LogP contribution < -0.4 is 4.90 Å². The summed E-state index contributed by atoms with van der Waals surface area (Å²) in [6.07, 6.45) is 4.19. The zero-order valence-electron chi connectivity index (χ0n) is 17.6. The first kappa shape index (κ1) is 19.1. The van der Waals surface area contributed by atoms with Gasteiger partial charge in [0.25, 0.3) is 5.91 Å². The predicted molar refractivity (Wildman–Crippen MR) is 114 cm³/mol. The first-order chi connectivity index (χ1) is 14.5. The van der Waals surface area contributed by atoms with Gasteiger partial charge in [0.05, 0.1) is 12.3 Å². The lowest BCUT2D eigenvalue weighted by Crippen LogP contribution is -2.49. The highest BCUT2D eigenvalue weighted by molar-refractivity contribution is 5.99. The number of nitrogens with zero attached hydrogens (tertiary/aromatic N) is 4. The molecule has 2 aliphatic rings. The molecule has 0 aliphatic carbocycles. The minimum Gasteiger partial charge on any atom is -0.451 e. The molecule has 4 heterocycles. The number of furan rings is 1. The highest BCUT2D eigenvalue weighted by atomic mass is 16.5. The molecule has 0 atom stereocenters. The number of rotatable bonds is 2. The number of aromatic nitrogens is 2. The molecule has 5 rings (SSSR count). The number of benzene rings is 1. The second-order valence-corrected chi connectivity index (χ2v) is 8.38. The SMILES string of the molecule is Cc1c(C(=O)N2CCC3(CC2)OCCc2cnc(N(C)C)nc23)oc2ccccc12. The maximum atomic E-state index is 13.2. The number of hydrogen-bond acceptors (Lipinski definition) is 6. The molecule has 30 heavy (non-hydrogen) atoms. The molecule has 3 aromatic rings. The van der Waals surface area contributed by atoms with Crippen molar-refractivity contribution >= 4 is 22.8 Å². The van der Waals surface area contributed by atoms with Gasteiger partial charge in [-0.3, -0.25) is 4.79 Å². The Morgan fingerprint density at radius 1 is 1.20 bits per heavy atom. The van der Waals surface area contributed by atoms with Crippen LogP contribution in [0.25, 0.3) is 11.0 Å². The molecule has 0 saturated carbocycles. The van der Waals surface area contributed by atoms with E-state index in [0.717, 1.165) is 47.1 Å². The van der Waals surface area contributed by atoms with Gasteiger partial charge >= 0.3 is 0 Å². The van der Waals surface area contributed by atoms with E-state index in [0.29, 0.717) is 31.4 Å². The molecule has 1 fully saturated rings. The number of likely N-dealkylation sites (tertiary alicyclic amines) is 1. The highest BCUT2D eigenvalue weighted by Crippen LogP contribution is 2.41. The van der Waals surface area contributed by atoms with Gasteiger partial charge in [0, 0.05) is 44.3 Å². The third kappa shape index (κ3) is 2.96. The van der Waals surface area contributed by atoms with Crippen LogP contribution in [0.1, 0.15) is 40.2 Å². The van der Waals surface area contributed by atoms with Crippen molar-refractivity contribution in [3.8, 4) is 0 Å². The summed E-state index contributed by atoms with van der Waals surface area (Å²) in [5.41, 5.74) is 3.35. The number of piperidine rings is 1. The lowest BCUT2D eigenvalue weighted by atomic mass is 9.83. The van der Waals surface area contributed by atoms with Crippen molar-refractivity contribution in [2.24, 2.45) is 0 Å². The minimum atomic E-state index is -0.443. The number of anilines is 1. The summed E-state index contributed by atoms with van der Waals surface area (Å²) in [6.45, 7) is 3.82. The van der Waals surface area contributed by atoms with Crippen molar-refractivity contribution in [2.75, 3.05) is 38.7 Å². The predicted octanol–water partition coefficient (Wildman–Crippen LogP) is 3.30. The molecule has 2 aliphatic heterocycles. The number of para-hydroxylation sites is 1. The molecule has 7 nitrogen and oxygen atoms in total. The van der Waals surface area contributed by atoms with Crippen molar-refractivity contribution in [3.63, 3.8) is 0 Å². The van der Waals surface area contributed by atoms with E-state index >= 15 is 0 Å². The standard InChI is InChI=1S/C23H26N4O3/c1-15-17-6-4-5-7-18(17)30-19(15)21(28)27-11-9-23(10-12-27)20-16(8-13-29-23)14-24-22(25-20)26(2)3/h4-7,14H,8-13H2,1-3H3. The van der Waals surface area contributed by atoms with Gasteiger partial charge in [-0.15, -0.1) is 0 Å². The van der Waals surface area contributed by atoms with Crippen molar-refractivity contribution in [3.05, 3.63) is 53.0 Å². The number of ether oxygens (including phenoxy) is 1. The van der Waals surface area contributed by atoms with Crippen LogP contribution in [0, 0.1) is 6.92 Å².